The first kappa shape index (κ1) is 19.0. The van der Waals surface area contributed by atoms with E-state index in [0.29, 0.717) is 11.4 Å². The molecule has 0 radical (unpaired) electrons. The summed E-state index contributed by atoms with van der Waals surface area (Å²) < 4.78 is 0. The molecule has 8 nitrogen and oxygen atoms in total. The molecule has 1 heterocycles. The third kappa shape index (κ3) is 3.30. The van der Waals surface area contributed by atoms with Gasteiger partial charge in [-0.3, -0.25) is 24.5 Å². The van der Waals surface area contributed by atoms with Crippen LogP contribution in [0.1, 0.15) is 36.6 Å². The van der Waals surface area contributed by atoms with Gasteiger partial charge in [0, 0.05) is 23.4 Å². The fourth-order valence-corrected chi connectivity index (χ4v) is 3.18. The number of nitrogens with one attached hydrogen (secondary N) is 1. The second-order valence-electron chi connectivity index (χ2n) is 6.80. The van der Waals surface area contributed by atoms with Gasteiger partial charge in [-0.05, 0) is 49.4 Å². The number of carbonyl (C=O) groups is 3. The molecule has 0 saturated carbocycles. The van der Waals surface area contributed by atoms with Crippen LogP contribution in [0.5, 0.6) is 0 Å². The quantitative estimate of drug-likeness (QED) is 0.404. The Kier molecular flexibility index (Phi) is 4.59. The van der Waals surface area contributed by atoms with Gasteiger partial charge in [-0.2, -0.15) is 0 Å². The Labute approximate surface area is 170 Å². The number of anilines is 2. The van der Waals surface area contributed by atoms with Crippen molar-refractivity contribution in [3.05, 3.63) is 99.1 Å². The fraction of sp³-hybridized carbons (Fsp3) is 0.0455. The molecular weight excluding hydrogens is 386 g/mol. The van der Waals surface area contributed by atoms with Gasteiger partial charge in [0.2, 0.25) is 0 Å². The van der Waals surface area contributed by atoms with Crippen LogP contribution in [-0.2, 0) is 0 Å². The van der Waals surface area contributed by atoms with E-state index in [-0.39, 0.29) is 22.4 Å². The lowest BCUT2D eigenvalue weighted by Crippen LogP contribution is -2.29. The van der Waals surface area contributed by atoms with E-state index >= 15 is 0 Å². The first-order valence-corrected chi connectivity index (χ1v) is 9.00. The molecule has 1 N–H and O–H groups in total. The number of aryl methyl sites for hydroxylation is 1. The van der Waals surface area contributed by atoms with Crippen LogP contribution in [0.3, 0.4) is 0 Å². The minimum atomic E-state index is -0.551. The van der Waals surface area contributed by atoms with Crippen LogP contribution in [0.2, 0.25) is 0 Å². The highest BCUT2D eigenvalue weighted by atomic mass is 16.6. The van der Waals surface area contributed by atoms with Crippen LogP contribution in [0.15, 0.2) is 66.7 Å². The summed E-state index contributed by atoms with van der Waals surface area (Å²) in [6.07, 6.45) is 0. The zero-order valence-corrected chi connectivity index (χ0v) is 15.8. The first-order valence-electron chi connectivity index (χ1n) is 9.00. The number of hydrogen-bond acceptors (Lipinski definition) is 5. The maximum absolute atomic E-state index is 12.8. The van der Waals surface area contributed by atoms with Gasteiger partial charge in [-0.15, -0.1) is 0 Å². The van der Waals surface area contributed by atoms with E-state index in [2.05, 4.69) is 5.32 Å². The molecule has 0 aliphatic carbocycles. The number of nitro benzene ring substituents is 1. The van der Waals surface area contributed by atoms with Crippen molar-refractivity contribution in [2.45, 2.75) is 6.92 Å². The molecule has 3 aromatic rings. The molecule has 3 aromatic carbocycles. The van der Waals surface area contributed by atoms with Crippen molar-refractivity contribution < 1.29 is 19.3 Å². The molecule has 0 unspecified atom stereocenters. The number of benzene rings is 3. The number of nitro groups is 1. The molecule has 0 spiro atoms. The smallest absolute Gasteiger partial charge is 0.269 e. The van der Waals surface area contributed by atoms with Crippen LogP contribution in [0.25, 0.3) is 0 Å². The third-order valence-corrected chi connectivity index (χ3v) is 4.78. The van der Waals surface area contributed by atoms with Crippen molar-refractivity contribution in [1.29, 1.82) is 0 Å². The maximum Gasteiger partial charge on any atom is 0.269 e. The van der Waals surface area contributed by atoms with E-state index in [1.54, 1.807) is 12.1 Å². The van der Waals surface area contributed by atoms with Crippen molar-refractivity contribution in [2.24, 2.45) is 0 Å². The van der Waals surface area contributed by atoms with Crippen LogP contribution in [0.4, 0.5) is 17.1 Å². The molecule has 0 aromatic heterocycles. The van der Waals surface area contributed by atoms with E-state index in [1.165, 1.54) is 42.5 Å². The third-order valence-electron chi connectivity index (χ3n) is 4.78. The highest BCUT2D eigenvalue weighted by Crippen LogP contribution is 2.30. The number of hydrogen-bond donors (Lipinski definition) is 1. The summed E-state index contributed by atoms with van der Waals surface area (Å²) in [6.45, 7) is 1.91. The lowest BCUT2D eigenvalue weighted by molar-refractivity contribution is -0.384. The molecule has 0 atom stereocenters. The van der Waals surface area contributed by atoms with Gasteiger partial charge in [0.05, 0.1) is 21.7 Å². The van der Waals surface area contributed by atoms with Crippen LogP contribution >= 0.6 is 0 Å². The zero-order valence-electron chi connectivity index (χ0n) is 15.8. The van der Waals surface area contributed by atoms with E-state index < -0.39 is 22.6 Å². The fourth-order valence-electron chi connectivity index (χ4n) is 3.18. The number of carbonyl (C=O) groups excluding carboxylic acids is 3. The van der Waals surface area contributed by atoms with E-state index in [0.717, 1.165) is 10.5 Å². The molecule has 1 aliphatic heterocycles. The number of fused-ring (bicyclic) bond motifs is 1. The van der Waals surface area contributed by atoms with Crippen LogP contribution < -0.4 is 10.2 Å². The molecule has 0 bridgehead atoms. The maximum atomic E-state index is 12.8. The topological polar surface area (TPSA) is 110 Å². The van der Waals surface area contributed by atoms with Gasteiger partial charge >= 0.3 is 0 Å². The normalized spacial score (nSPS) is 12.6. The predicted octanol–water partition coefficient (Wildman–Crippen LogP) is 3.96. The van der Waals surface area contributed by atoms with Gasteiger partial charge < -0.3 is 5.32 Å². The Morgan fingerprint density at radius 1 is 0.900 bits per heavy atom. The van der Waals surface area contributed by atoms with Gasteiger partial charge in [0.25, 0.3) is 23.4 Å². The molecule has 30 heavy (non-hydrogen) atoms. The second kappa shape index (κ2) is 7.25. The summed E-state index contributed by atoms with van der Waals surface area (Å²) in [7, 11) is 0. The highest BCUT2D eigenvalue weighted by Gasteiger charge is 2.36. The monoisotopic (exact) mass is 401 g/mol. The lowest BCUT2D eigenvalue weighted by atomic mass is 10.1. The minimum Gasteiger partial charge on any atom is -0.322 e. The van der Waals surface area contributed by atoms with Gasteiger partial charge in [0.15, 0.2) is 0 Å². The molecule has 0 fully saturated rings. The Bertz CT molecular complexity index is 1200. The number of non-ortho nitro benzene ring substituents is 1. The minimum absolute atomic E-state index is 0.121. The number of imide groups is 1. The molecule has 0 saturated heterocycles. The molecule has 4 rings (SSSR count). The Morgan fingerprint density at radius 3 is 2.17 bits per heavy atom. The highest BCUT2D eigenvalue weighted by molar-refractivity contribution is 6.34. The SMILES string of the molecule is Cc1ccc(N2C(=O)c3ccc(NC(=O)c4ccc([N+](=O)[O-])cc4)cc3C2=O)cc1. The summed E-state index contributed by atoms with van der Waals surface area (Å²) >= 11 is 0. The van der Waals surface area contributed by atoms with Crippen molar-refractivity contribution in [2.75, 3.05) is 10.2 Å². The number of rotatable bonds is 4. The van der Waals surface area contributed by atoms with Crippen molar-refractivity contribution >= 4 is 34.8 Å². The predicted molar refractivity (Wildman–Crippen MR) is 110 cm³/mol. The number of nitrogens with zero attached hydrogens (tertiary/aromatic N) is 2. The summed E-state index contributed by atoms with van der Waals surface area (Å²) in [5, 5.41) is 13.4. The zero-order chi connectivity index (χ0) is 21.4. The van der Waals surface area contributed by atoms with E-state index in [4.69, 9.17) is 0 Å². The van der Waals surface area contributed by atoms with Gasteiger partial charge in [0.1, 0.15) is 0 Å². The summed E-state index contributed by atoms with van der Waals surface area (Å²) in [6, 6.07) is 16.7. The van der Waals surface area contributed by atoms with Crippen molar-refractivity contribution in [1.82, 2.24) is 0 Å². The van der Waals surface area contributed by atoms with Gasteiger partial charge in [-0.1, -0.05) is 17.7 Å². The van der Waals surface area contributed by atoms with Gasteiger partial charge in [-0.25, -0.2) is 4.90 Å². The van der Waals surface area contributed by atoms with Crippen LogP contribution in [-0.4, -0.2) is 22.6 Å². The molecule has 1 aliphatic rings. The average Bonchev–Trinajstić information content (AvgIpc) is 2.98. The average molecular weight is 401 g/mol. The standard InChI is InChI=1S/C22H15N3O5/c1-13-2-7-16(8-3-13)24-21(27)18-11-6-15(12-19(18)22(24)28)23-20(26)14-4-9-17(10-5-14)25(29)30/h2-12H,1H3,(H,23,26). The van der Waals surface area contributed by atoms with E-state index in [9.17, 15) is 24.5 Å². The summed E-state index contributed by atoms with van der Waals surface area (Å²) in [4.78, 5) is 49.2. The molecule has 3 amide bonds. The van der Waals surface area contributed by atoms with Crippen molar-refractivity contribution in [3.63, 3.8) is 0 Å². The summed E-state index contributed by atoms with van der Waals surface area (Å²) in [5.41, 5.74) is 2.38. The summed E-state index contributed by atoms with van der Waals surface area (Å²) in [5.74, 6) is -1.38. The van der Waals surface area contributed by atoms with Crippen molar-refractivity contribution in [3.8, 4) is 0 Å². The Hall–Kier alpha value is -4.33. The lowest BCUT2D eigenvalue weighted by Gasteiger charge is -2.13. The first-order chi connectivity index (χ1) is 14.3. The largest absolute Gasteiger partial charge is 0.322 e. The Morgan fingerprint density at radius 2 is 1.53 bits per heavy atom. The second-order valence-corrected chi connectivity index (χ2v) is 6.80. The van der Waals surface area contributed by atoms with E-state index in [1.807, 2.05) is 19.1 Å². The number of amides is 3. The Balaban J connectivity index is 1.57. The van der Waals surface area contributed by atoms with Crippen LogP contribution in [0, 0.1) is 17.0 Å². The molecule has 8 heteroatoms. The molecular formula is C22H15N3O5. The molecule has 148 valence electrons.